The highest BCUT2D eigenvalue weighted by atomic mass is 35.5. The van der Waals surface area contributed by atoms with Crippen molar-refractivity contribution in [3.63, 3.8) is 0 Å². The molecule has 0 saturated carbocycles. The summed E-state index contributed by atoms with van der Waals surface area (Å²) in [6.07, 6.45) is 1.52. The maximum Gasteiger partial charge on any atom is 0.256 e. The third kappa shape index (κ3) is 2.93. The van der Waals surface area contributed by atoms with E-state index in [0.717, 1.165) is 0 Å². The predicted octanol–water partition coefficient (Wildman–Crippen LogP) is 0.559. The van der Waals surface area contributed by atoms with E-state index in [2.05, 4.69) is 20.6 Å². The van der Waals surface area contributed by atoms with E-state index < -0.39 is 6.04 Å². The van der Waals surface area contributed by atoms with Gasteiger partial charge in [-0.25, -0.2) is 4.98 Å². The zero-order valence-corrected chi connectivity index (χ0v) is 10.6. The standard InChI is InChI=1S/C9H11ClN4O2S/c1-16-3-2-11-9-13-6(7(15)14-9)8-12-4-5(10)17-8/h4,6H,2-3H2,1H3,(H2,11,13,14,15). The van der Waals surface area contributed by atoms with Gasteiger partial charge >= 0.3 is 0 Å². The van der Waals surface area contributed by atoms with Gasteiger partial charge in [0.05, 0.1) is 19.3 Å². The second kappa shape index (κ2) is 5.44. The highest BCUT2D eigenvalue weighted by Crippen LogP contribution is 2.25. The minimum atomic E-state index is -0.506. The van der Waals surface area contributed by atoms with Crippen LogP contribution in [-0.2, 0) is 9.53 Å². The molecule has 8 heteroatoms. The number of carbonyl (C=O) groups is 1. The Hall–Kier alpha value is -1.18. The lowest BCUT2D eigenvalue weighted by Crippen LogP contribution is -2.26. The fraction of sp³-hybridized carbons (Fsp3) is 0.444. The van der Waals surface area contributed by atoms with Crippen LogP contribution in [0.1, 0.15) is 11.0 Å². The Balaban J connectivity index is 2.02. The fourth-order valence-electron chi connectivity index (χ4n) is 1.34. The molecule has 1 saturated heterocycles. The third-order valence-corrected chi connectivity index (χ3v) is 3.27. The highest BCUT2D eigenvalue weighted by molar-refractivity contribution is 7.16. The number of thiazole rings is 1. The quantitative estimate of drug-likeness (QED) is 0.787. The lowest BCUT2D eigenvalue weighted by atomic mass is 10.3. The van der Waals surface area contributed by atoms with Gasteiger partial charge in [0.25, 0.3) is 5.91 Å². The van der Waals surface area contributed by atoms with E-state index in [-0.39, 0.29) is 5.91 Å². The molecular weight excluding hydrogens is 264 g/mol. The van der Waals surface area contributed by atoms with Gasteiger partial charge in [0.15, 0.2) is 12.0 Å². The predicted molar refractivity (Wildman–Crippen MR) is 65.3 cm³/mol. The topological polar surface area (TPSA) is 75.6 Å². The average Bonchev–Trinajstić information content (AvgIpc) is 2.85. The summed E-state index contributed by atoms with van der Waals surface area (Å²) >= 11 is 7.05. The second-order valence-electron chi connectivity index (χ2n) is 3.29. The number of rotatable bonds is 4. The molecule has 0 spiro atoms. The Morgan fingerprint density at radius 3 is 3.18 bits per heavy atom. The van der Waals surface area contributed by atoms with Gasteiger partial charge in [-0.1, -0.05) is 11.6 Å². The van der Waals surface area contributed by atoms with Gasteiger partial charge in [0.1, 0.15) is 9.34 Å². The molecule has 0 bridgehead atoms. The van der Waals surface area contributed by atoms with Crippen LogP contribution in [-0.4, -0.2) is 37.1 Å². The Bertz CT molecular complexity index is 448. The summed E-state index contributed by atoms with van der Waals surface area (Å²) in [7, 11) is 1.60. The van der Waals surface area contributed by atoms with E-state index in [0.29, 0.717) is 28.5 Å². The van der Waals surface area contributed by atoms with E-state index in [1.165, 1.54) is 17.5 Å². The summed E-state index contributed by atoms with van der Waals surface area (Å²) in [6, 6.07) is -0.506. The maximum absolute atomic E-state index is 11.7. The van der Waals surface area contributed by atoms with Crippen molar-refractivity contribution in [3.05, 3.63) is 15.5 Å². The van der Waals surface area contributed by atoms with Crippen molar-refractivity contribution in [3.8, 4) is 0 Å². The van der Waals surface area contributed by atoms with Gasteiger partial charge < -0.3 is 10.1 Å². The summed E-state index contributed by atoms with van der Waals surface area (Å²) in [4.78, 5) is 19.9. The SMILES string of the molecule is COCCN=C1NC(=O)C(c2ncc(Cl)s2)N1. The minimum absolute atomic E-state index is 0.174. The average molecular weight is 275 g/mol. The first-order valence-corrected chi connectivity index (χ1v) is 6.12. The number of hydrogen-bond acceptors (Lipinski definition) is 5. The normalized spacial score (nSPS) is 21.6. The summed E-state index contributed by atoms with van der Waals surface area (Å²) in [5.41, 5.74) is 0. The van der Waals surface area contributed by atoms with Crippen molar-refractivity contribution in [2.24, 2.45) is 4.99 Å². The smallest absolute Gasteiger partial charge is 0.256 e. The van der Waals surface area contributed by atoms with Crippen LogP contribution in [0.15, 0.2) is 11.2 Å². The number of halogens is 1. The van der Waals surface area contributed by atoms with Gasteiger partial charge in [-0.05, 0) is 0 Å². The first kappa shape index (κ1) is 12.3. The molecule has 0 aromatic carbocycles. The number of nitrogens with one attached hydrogen (secondary N) is 2. The number of nitrogens with zero attached hydrogens (tertiary/aromatic N) is 2. The highest BCUT2D eigenvalue weighted by Gasteiger charge is 2.31. The minimum Gasteiger partial charge on any atom is -0.383 e. The molecular formula is C9H11ClN4O2S. The third-order valence-electron chi connectivity index (χ3n) is 2.09. The van der Waals surface area contributed by atoms with Crippen LogP contribution in [0.3, 0.4) is 0 Å². The molecule has 2 heterocycles. The van der Waals surface area contributed by atoms with Crippen molar-refractivity contribution in [1.82, 2.24) is 15.6 Å². The van der Waals surface area contributed by atoms with Crippen LogP contribution in [0, 0.1) is 0 Å². The molecule has 1 unspecified atom stereocenters. The summed E-state index contributed by atoms with van der Waals surface area (Å²) in [6.45, 7) is 0.999. The lowest BCUT2D eigenvalue weighted by Gasteiger charge is -2.02. The van der Waals surface area contributed by atoms with Gasteiger partial charge in [0, 0.05) is 7.11 Å². The number of amides is 1. The number of guanidine groups is 1. The molecule has 0 radical (unpaired) electrons. The molecule has 17 heavy (non-hydrogen) atoms. The molecule has 1 aliphatic rings. The number of aromatic nitrogens is 1. The molecule has 1 atom stereocenters. The summed E-state index contributed by atoms with van der Waals surface area (Å²) < 4.78 is 5.42. The molecule has 1 aromatic rings. The number of hydrogen-bond donors (Lipinski definition) is 2. The molecule has 1 aromatic heterocycles. The second-order valence-corrected chi connectivity index (χ2v) is 4.99. The van der Waals surface area contributed by atoms with Crippen molar-refractivity contribution in [1.29, 1.82) is 0 Å². The Kier molecular flexibility index (Phi) is 3.93. The van der Waals surface area contributed by atoms with E-state index in [1.807, 2.05) is 0 Å². The fourth-order valence-corrected chi connectivity index (χ4v) is 2.32. The largest absolute Gasteiger partial charge is 0.383 e. The number of methoxy groups -OCH3 is 1. The molecule has 1 fully saturated rings. The van der Waals surface area contributed by atoms with Crippen LogP contribution in [0.4, 0.5) is 0 Å². The van der Waals surface area contributed by atoms with Gasteiger partial charge in [-0.3, -0.25) is 15.1 Å². The Labute approximate surface area is 107 Å². The van der Waals surface area contributed by atoms with Crippen molar-refractivity contribution < 1.29 is 9.53 Å². The van der Waals surface area contributed by atoms with Gasteiger partial charge in [-0.2, -0.15) is 0 Å². The first-order chi connectivity index (χ1) is 8.20. The lowest BCUT2D eigenvalue weighted by molar-refractivity contribution is -0.120. The molecule has 92 valence electrons. The Morgan fingerprint density at radius 2 is 2.53 bits per heavy atom. The van der Waals surface area contributed by atoms with Crippen molar-refractivity contribution in [2.45, 2.75) is 6.04 Å². The van der Waals surface area contributed by atoms with E-state index >= 15 is 0 Å². The molecule has 2 N–H and O–H groups in total. The number of carbonyl (C=O) groups excluding carboxylic acids is 1. The monoisotopic (exact) mass is 274 g/mol. The van der Waals surface area contributed by atoms with Crippen molar-refractivity contribution >= 4 is 34.8 Å². The van der Waals surface area contributed by atoms with Crippen LogP contribution in [0.25, 0.3) is 0 Å². The van der Waals surface area contributed by atoms with E-state index in [1.54, 1.807) is 7.11 Å². The molecule has 1 aliphatic heterocycles. The number of ether oxygens (including phenoxy) is 1. The summed E-state index contributed by atoms with van der Waals surface area (Å²) in [5, 5.41) is 6.22. The Morgan fingerprint density at radius 1 is 1.71 bits per heavy atom. The van der Waals surface area contributed by atoms with Crippen molar-refractivity contribution in [2.75, 3.05) is 20.3 Å². The summed E-state index contributed by atoms with van der Waals surface area (Å²) in [5.74, 6) is 0.274. The molecule has 1 amide bonds. The number of aliphatic imine (C=N–C) groups is 1. The zero-order chi connectivity index (χ0) is 12.3. The molecule has 0 aliphatic carbocycles. The maximum atomic E-state index is 11.7. The van der Waals surface area contributed by atoms with Gasteiger partial charge in [0.2, 0.25) is 0 Å². The van der Waals surface area contributed by atoms with E-state index in [4.69, 9.17) is 16.3 Å². The first-order valence-electron chi connectivity index (χ1n) is 4.92. The van der Waals surface area contributed by atoms with Crippen LogP contribution >= 0.6 is 22.9 Å². The van der Waals surface area contributed by atoms with Crippen LogP contribution in [0.5, 0.6) is 0 Å². The molecule has 2 rings (SSSR count). The van der Waals surface area contributed by atoms with E-state index in [9.17, 15) is 4.79 Å². The zero-order valence-electron chi connectivity index (χ0n) is 9.07. The molecule has 6 nitrogen and oxygen atoms in total. The van der Waals surface area contributed by atoms with Gasteiger partial charge in [-0.15, -0.1) is 11.3 Å². The van der Waals surface area contributed by atoms with Crippen LogP contribution in [0.2, 0.25) is 4.34 Å². The van der Waals surface area contributed by atoms with Crippen LogP contribution < -0.4 is 10.6 Å².